The third-order valence-electron chi connectivity index (χ3n) is 4.03. The minimum absolute atomic E-state index is 0.238. The first-order chi connectivity index (χ1) is 13.1. The van der Waals surface area contributed by atoms with E-state index in [4.69, 9.17) is 11.6 Å². The number of carbonyl (C=O) groups excluding carboxylic acids is 1. The van der Waals surface area contributed by atoms with Crippen molar-refractivity contribution in [2.45, 2.75) is 13.0 Å². The molecule has 0 bridgehead atoms. The highest BCUT2D eigenvalue weighted by Gasteiger charge is 2.07. The molecular formula is C21H19ClFN3O. The normalized spacial score (nSPS) is 10.4. The van der Waals surface area contributed by atoms with E-state index in [0.717, 1.165) is 5.56 Å². The number of rotatable bonds is 7. The van der Waals surface area contributed by atoms with Crippen LogP contribution in [0.5, 0.6) is 0 Å². The van der Waals surface area contributed by atoms with E-state index < -0.39 is 0 Å². The molecule has 0 radical (unpaired) electrons. The molecule has 2 N–H and O–H groups in total. The summed E-state index contributed by atoms with van der Waals surface area (Å²) in [5.74, 6) is -0.494. The predicted octanol–water partition coefficient (Wildman–Crippen LogP) is 4.46. The van der Waals surface area contributed by atoms with Gasteiger partial charge < -0.3 is 10.6 Å². The topological polar surface area (TPSA) is 54.0 Å². The quantitative estimate of drug-likeness (QED) is 0.633. The highest BCUT2D eigenvalue weighted by molar-refractivity contribution is 6.30. The van der Waals surface area contributed by atoms with Crippen LogP contribution in [0.3, 0.4) is 0 Å². The molecule has 1 amide bonds. The molecule has 0 saturated heterocycles. The van der Waals surface area contributed by atoms with Gasteiger partial charge in [0, 0.05) is 23.7 Å². The molecular weight excluding hydrogens is 365 g/mol. The van der Waals surface area contributed by atoms with Gasteiger partial charge in [0.1, 0.15) is 11.5 Å². The van der Waals surface area contributed by atoms with Gasteiger partial charge in [-0.25, -0.2) is 9.37 Å². The van der Waals surface area contributed by atoms with Crippen LogP contribution < -0.4 is 10.6 Å². The molecule has 0 aliphatic heterocycles. The van der Waals surface area contributed by atoms with Crippen LogP contribution in [0.15, 0.2) is 66.9 Å². The van der Waals surface area contributed by atoms with Gasteiger partial charge >= 0.3 is 0 Å². The molecule has 0 spiro atoms. The van der Waals surface area contributed by atoms with Crippen molar-refractivity contribution in [1.82, 2.24) is 10.3 Å². The van der Waals surface area contributed by atoms with Gasteiger partial charge in [0.05, 0.1) is 11.9 Å². The summed E-state index contributed by atoms with van der Waals surface area (Å²) < 4.78 is 13.6. The summed E-state index contributed by atoms with van der Waals surface area (Å²) in [5, 5.41) is 6.61. The SMILES string of the molecule is O=C(NCCc1cccc(Cl)c1)c1ccc(NCc2ccccc2F)cn1. The Balaban J connectivity index is 1.49. The van der Waals surface area contributed by atoms with Gasteiger partial charge in [-0.2, -0.15) is 0 Å². The van der Waals surface area contributed by atoms with Crippen molar-refractivity contribution in [1.29, 1.82) is 0 Å². The first kappa shape index (κ1) is 18.9. The fourth-order valence-corrected chi connectivity index (χ4v) is 2.79. The summed E-state index contributed by atoms with van der Waals surface area (Å²) in [6, 6.07) is 17.5. The summed E-state index contributed by atoms with van der Waals surface area (Å²) in [7, 11) is 0. The van der Waals surface area contributed by atoms with Crippen LogP contribution in [0.4, 0.5) is 10.1 Å². The summed E-state index contributed by atoms with van der Waals surface area (Å²) in [4.78, 5) is 16.3. The van der Waals surface area contributed by atoms with Crippen molar-refractivity contribution >= 4 is 23.2 Å². The molecule has 138 valence electrons. The molecule has 2 aromatic carbocycles. The lowest BCUT2D eigenvalue weighted by Gasteiger charge is -2.08. The number of pyridine rings is 1. The van der Waals surface area contributed by atoms with Crippen LogP contribution in [0.25, 0.3) is 0 Å². The van der Waals surface area contributed by atoms with E-state index >= 15 is 0 Å². The van der Waals surface area contributed by atoms with Gasteiger partial charge in [0.25, 0.3) is 5.91 Å². The smallest absolute Gasteiger partial charge is 0.269 e. The monoisotopic (exact) mass is 383 g/mol. The molecule has 3 aromatic rings. The van der Waals surface area contributed by atoms with Gasteiger partial charge in [-0.15, -0.1) is 0 Å². The third kappa shape index (κ3) is 5.53. The molecule has 3 rings (SSSR count). The van der Waals surface area contributed by atoms with Crippen molar-refractivity contribution in [3.8, 4) is 0 Å². The van der Waals surface area contributed by atoms with Crippen LogP contribution in [0.1, 0.15) is 21.6 Å². The van der Waals surface area contributed by atoms with Crippen molar-refractivity contribution in [3.05, 3.63) is 94.5 Å². The third-order valence-corrected chi connectivity index (χ3v) is 4.26. The molecule has 0 unspecified atom stereocenters. The molecule has 4 nitrogen and oxygen atoms in total. The summed E-state index contributed by atoms with van der Waals surface area (Å²) >= 11 is 5.95. The lowest BCUT2D eigenvalue weighted by Crippen LogP contribution is -2.26. The van der Waals surface area contributed by atoms with Crippen LogP contribution in [-0.2, 0) is 13.0 Å². The number of halogens is 2. The number of nitrogens with zero attached hydrogens (tertiary/aromatic N) is 1. The van der Waals surface area contributed by atoms with E-state index in [9.17, 15) is 9.18 Å². The molecule has 27 heavy (non-hydrogen) atoms. The summed E-state index contributed by atoms with van der Waals surface area (Å²) in [6.45, 7) is 0.841. The molecule has 1 aromatic heterocycles. The van der Waals surface area contributed by atoms with Crippen molar-refractivity contribution < 1.29 is 9.18 Å². The zero-order valence-corrected chi connectivity index (χ0v) is 15.3. The highest BCUT2D eigenvalue weighted by atomic mass is 35.5. The molecule has 0 fully saturated rings. The lowest BCUT2D eigenvalue weighted by atomic mass is 10.1. The standard InChI is InChI=1S/C21H19ClFN3O/c22-17-6-3-4-15(12-17)10-11-24-21(27)20-9-8-18(14-26-20)25-13-16-5-1-2-7-19(16)23/h1-9,12,14,25H,10-11,13H2,(H,24,27). The number of hydrogen-bond donors (Lipinski definition) is 2. The molecule has 1 heterocycles. The van der Waals surface area contributed by atoms with Crippen molar-refractivity contribution in [3.63, 3.8) is 0 Å². The number of amides is 1. The largest absolute Gasteiger partial charge is 0.380 e. The maximum absolute atomic E-state index is 13.6. The minimum atomic E-state index is -0.256. The highest BCUT2D eigenvalue weighted by Crippen LogP contribution is 2.12. The van der Waals surface area contributed by atoms with Gasteiger partial charge in [0.2, 0.25) is 0 Å². The molecule has 0 saturated carbocycles. The predicted molar refractivity (Wildman–Crippen MR) is 105 cm³/mol. The van der Waals surface area contributed by atoms with E-state index in [2.05, 4.69) is 15.6 Å². The maximum Gasteiger partial charge on any atom is 0.269 e. The second-order valence-corrected chi connectivity index (χ2v) is 6.45. The lowest BCUT2D eigenvalue weighted by molar-refractivity contribution is 0.0949. The number of hydrogen-bond acceptors (Lipinski definition) is 3. The van der Waals surface area contributed by atoms with Gasteiger partial charge in [-0.3, -0.25) is 4.79 Å². The maximum atomic E-state index is 13.6. The first-order valence-corrected chi connectivity index (χ1v) is 8.95. The number of carbonyl (C=O) groups is 1. The fraction of sp³-hybridized carbons (Fsp3) is 0.143. The minimum Gasteiger partial charge on any atom is -0.380 e. The van der Waals surface area contributed by atoms with Gasteiger partial charge in [0.15, 0.2) is 0 Å². The van der Waals surface area contributed by atoms with E-state index in [1.807, 2.05) is 24.3 Å². The Kier molecular flexibility index (Phi) is 6.39. The number of aromatic nitrogens is 1. The van der Waals surface area contributed by atoms with Crippen LogP contribution in [0, 0.1) is 5.82 Å². The summed E-state index contributed by atoms with van der Waals surface area (Å²) in [6.07, 6.45) is 2.25. The average Bonchev–Trinajstić information content (AvgIpc) is 2.68. The van der Waals surface area contributed by atoms with E-state index in [1.165, 1.54) is 6.07 Å². The van der Waals surface area contributed by atoms with Crippen LogP contribution in [0.2, 0.25) is 5.02 Å². The van der Waals surface area contributed by atoms with E-state index in [1.54, 1.807) is 36.5 Å². The number of nitrogens with one attached hydrogen (secondary N) is 2. The van der Waals surface area contributed by atoms with Crippen molar-refractivity contribution in [2.75, 3.05) is 11.9 Å². The Morgan fingerprint density at radius 2 is 1.93 bits per heavy atom. The zero-order valence-electron chi connectivity index (χ0n) is 14.6. The molecule has 0 atom stereocenters. The second-order valence-electron chi connectivity index (χ2n) is 6.01. The van der Waals surface area contributed by atoms with Gasteiger partial charge in [-0.1, -0.05) is 41.9 Å². The Morgan fingerprint density at radius 1 is 1.07 bits per heavy atom. The second kappa shape index (κ2) is 9.14. The molecule has 0 aliphatic carbocycles. The van der Waals surface area contributed by atoms with Crippen molar-refractivity contribution in [2.24, 2.45) is 0 Å². The molecule has 0 aliphatic rings. The molecule has 6 heteroatoms. The van der Waals surface area contributed by atoms with E-state index in [-0.39, 0.29) is 11.7 Å². The Hall–Kier alpha value is -2.92. The van der Waals surface area contributed by atoms with Crippen LogP contribution >= 0.6 is 11.6 Å². The van der Waals surface area contributed by atoms with E-state index in [0.29, 0.717) is 41.5 Å². The first-order valence-electron chi connectivity index (χ1n) is 8.58. The summed E-state index contributed by atoms with van der Waals surface area (Å²) in [5.41, 5.74) is 2.68. The zero-order chi connectivity index (χ0) is 19.1. The Bertz CT molecular complexity index is 915. The number of benzene rings is 2. The Morgan fingerprint density at radius 3 is 2.67 bits per heavy atom. The fourth-order valence-electron chi connectivity index (χ4n) is 2.58. The Labute approximate surface area is 162 Å². The van der Waals surface area contributed by atoms with Gasteiger partial charge in [-0.05, 0) is 42.3 Å². The van der Waals surface area contributed by atoms with Crippen LogP contribution in [-0.4, -0.2) is 17.4 Å². The average molecular weight is 384 g/mol. The number of anilines is 1.